The van der Waals surface area contributed by atoms with Crippen LogP contribution in [0.2, 0.25) is 0 Å². The van der Waals surface area contributed by atoms with E-state index >= 15 is 0 Å². The Labute approximate surface area is 71.0 Å². The van der Waals surface area contributed by atoms with Crippen molar-refractivity contribution in [2.75, 3.05) is 6.54 Å². The van der Waals surface area contributed by atoms with Gasteiger partial charge in [0.05, 0.1) is 6.42 Å². The van der Waals surface area contributed by atoms with Crippen LogP contribution in [0, 0.1) is 0 Å². The van der Waals surface area contributed by atoms with Crippen molar-refractivity contribution in [1.82, 2.24) is 5.32 Å². The lowest BCUT2D eigenvalue weighted by atomic mass is 10.2. The van der Waals surface area contributed by atoms with Crippen molar-refractivity contribution in [3.05, 3.63) is 0 Å². The number of alkyl halides is 1. The second kappa shape index (κ2) is 4.40. The summed E-state index contributed by atoms with van der Waals surface area (Å²) in [6.45, 7) is 0.375. The van der Waals surface area contributed by atoms with E-state index in [1.807, 2.05) is 0 Å². The minimum atomic E-state index is -0.837. The lowest BCUT2D eigenvalue weighted by molar-refractivity contribution is -0.136. The Kier molecular flexibility index (Phi) is 3.47. The highest BCUT2D eigenvalue weighted by Gasteiger charge is 2.25. The summed E-state index contributed by atoms with van der Waals surface area (Å²) in [4.78, 5) is 10.1. The van der Waals surface area contributed by atoms with Crippen LogP contribution in [-0.2, 0) is 4.79 Å². The van der Waals surface area contributed by atoms with Crippen LogP contribution in [0.4, 0.5) is 4.39 Å². The van der Waals surface area contributed by atoms with Gasteiger partial charge in [0.15, 0.2) is 0 Å². The Balaban J connectivity index is 2.10. The van der Waals surface area contributed by atoms with Crippen molar-refractivity contribution in [3.8, 4) is 0 Å². The summed E-state index contributed by atoms with van der Waals surface area (Å²) in [5.41, 5.74) is 0. The molecule has 0 heterocycles. The van der Waals surface area contributed by atoms with Gasteiger partial charge in [0.2, 0.25) is 0 Å². The van der Waals surface area contributed by atoms with Crippen LogP contribution in [0.15, 0.2) is 0 Å². The van der Waals surface area contributed by atoms with Gasteiger partial charge in [-0.2, -0.15) is 0 Å². The van der Waals surface area contributed by atoms with Gasteiger partial charge in [0, 0.05) is 12.6 Å². The normalized spacial score (nSPS) is 29.1. The molecule has 0 bridgehead atoms. The van der Waals surface area contributed by atoms with E-state index in [0.29, 0.717) is 13.0 Å². The van der Waals surface area contributed by atoms with E-state index in [-0.39, 0.29) is 12.5 Å². The number of carboxylic acids is 1. The van der Waals surface area contributed by atoms with Crippen LogP contribution < -0.4 is 5.32 Å². The van der Waals surface area contributed by atoms with E-state index in [2.05, 4.69) is 5.32 Å². The molecule has 4 heteroatoms. The van der Waals surface area contributed by atoms with Gasteiger partial charge >= 0.3 is 5.97 Å². The van der Waals surface area contributed by atoms with Gasteiger partial charge in [-0.05, 0) is 19.3 Å². The molecular weight excluding hydrogens is 161 g/mol. The molecule has 2 atom stereocenters. The molecule has 0 aromatic carbocycles. The Morgan fingerprint density at radius 1 is 1.58 bits per heavy atom. The zero-order chi connectivity index (χ0) is 8.97. The number of hydrogen-bond acceptors (Lipinski definition) is 2. The maximum absolute atomic E-state index is 12.9. The summed E-state index contributed by atoms with van der Waals surface area (Å²) in [5.74, 6) is -0.837. The zero-order valence-corrected chi connectivity index (χ0v) is 6.92. The number of hydrogen-bond donors (Lipinski definition) is 2. The van der Waals surface area contributed by atoms with Gasteiger partial charge in [0.1, 0.15) is 6.17 Å². The maximum atomic E-state index is 12.9. The molecule has 0 aliphatic heterocycles. The maximum Gasteiger partial charge on any atom is 0.304 e. The molecule has 1 aliphatic rings. The van der Waals surface area contributed by atoms with Crippen molar-refractivity contribution in [2.45, 2.75) is 37.9 Å². The predicted octanol–water partition coefficient (Wildman–Crippen LogP) is 0.941. The minimum Gasteiger partial charge on any atom is -0.481 e. The van der Waals surface area contributed by atoms with E-state index in [1.165, 1.54) is 0 Å². The van der Waals surface area contributed by atoms with Gasteiger partial charge in [-0.25, -0.2) is 4.39 Å². The number of halogens is 1. The van der Waals surface area contributed by atoms with Gasteiger partial charge in [-0.1, -0.05) is 0 Å². The summed E-state index contributed by atoms with van der Waals surface area (Å²) in [6.07, 6.45) is 1.65. The van der Waals surface area contributed by atoms with Crippen LogP contribution in [0.1, 0.15) is 25.7 Å². The first-order valence-corrected chi connectivity index (χ1v) is 4.29. The summed E-state index contributed by atoms with van der Waals surface area (Å²) >= 11 is 0. The summed E-state index contributed by atoms with van der Waals surface area (Å²) in [7, 11) is 0. The Morgan fingerprint density at radius 3 is 2.83 bits per heavy atom. The minimum absolute atomic E-state index is 0.0726. The molecule has 0 spiro atoms. The Hall–Kier alpha value is -0.640. The molecule has 0 amide bonds. The second-order valence-corrected chi connectivity index (χ2v) is 3.15. The third-order valence-corrected chi connectivity index (χ3v) is 2.18. The zero-order valence-electron chi connectivity index (χ0n) is 6.92. The molecule has 12 heavy (non-hydrogen) atoms. The van der Waals surface area contributed by atoms with E-state index in [0.717, 1.165) is 12.8 Å². The first-order valence-electron chi connectivity index (χ1n) is 4.29. The molecule has 0 aromatic heterocycles. The van der Waals surface area contributed by atoms with Gasteiger partial charge < -0.3 is 10.4 Å². The fraction of sp³-hybridized carbons (Fsp3) is 0.875. The fourth-order valence-corrected chi connectivity index (χ4v) is 1.51. The van der Waals surface area contributed by atoms with Crippen molar-refractivity contribution in [2.24, 2.45) is 0 Å². The molecular formula is C8H14FNO2. The number of rotatable bonds is 4. The van der Waals surface area contributed by atoms with Gasteiger partial charge in [-0.15, -0.1) is 0 Å². The highest BCUT2D eigenvalue weighted by Crippen LogP contribution is 2.21. The van der Waals surface area contributed by atoms with Crippen molar-refractivity contribution in [3.63, 3.8) is 0 Å². The molecule has 1 rings (SSSR count). The molecule has 0 radical (unpaired) electrons. The van der Waals surface area contributed by atoms with Crippen molar-refractivity contribution >= 4 is 5.97 Å². The van der Waals surface area contributed by atoms with E-state index < -0.39 is 12.1 Å². The number of nitrogens with one attached hydrogen (secondary N) is 1. The predicted molar refractivity (Wildman–Crippen MR) is 42.8 cm³/mol. The first kappa shape index (κ1) is 9.45. The highest BCUT2D eigenvalue weighted by molar-refractivity contribution is 5.66. The lowest BCUT2D eigenvalue weighted by Crippen LogP contribution is -2.34. The third-order valence-electron chi connectivity index (χ3n) is 2.18. The molecule has 1 aliphatic carbocycles. The van der Waals surface area contributed by atoms with E-state index in [1.54, 1.807) is 0 Å². The topological polar surface area (TPSA) is 49.3 Å². The number of carboxylic acid groups (broad SMARTS) is 1. The largest absolute Gasteiger partial charge is 0.481 e. The molecule has 1 saturated carbocycles. The molecule has 0 unspecified atom stereocenters. The van der Waals surface area contributed by atoms with Crippen molar-refractivity contribution in [1.29, 1.82) is 0 Å². The average Bonchev–Trinajstić information content (AvgIpc) is 2.36. The molecule has 2 N–H and O–H groups in total. The smallest absolute Gasteiger partial charge is 0.304 e. The third kappa shape index (κ3) is 2.77. The molecule has 1 fully saturated rings. The molecule has 0 saturated heterocycles. The first-order chi connectivity index (χ1) is 5.70. The lowest BCUT2D eigenvalue weighted by Gasteiger charge is -2.13. The Bertz CT molecular complexity index is 163. The standard InChI is InChI=1S/C8H14FNO2/c9-6-2-1-3-7(6)10-5-4-8(11)12/h6-7,10H,1-5H2,(H,11,12)/t6-,7-/m1/s1. The molecule has 3 nitrogen and oxygen atoms in total. The number of aliphatic carboxylic acids is 1. The molecule has 0 aromatic rings. The van der Waals surface area contributed by atoms with Gasteiger partial charge in [-0.3, -0.25) is 4.79 Å². The van der Waals surface area contributed by atoms with E-state index in [9.17, 15) is 9.18 Å². The summed E-state index contributed by atoms with van der Waals surface area (Å²) < 4.78 is 12.9. The summed E-state index contributed by atoms with van der Waals surface area (Å²) in [5, 5.41) is 11.2. The fourth-order valence-electron chi connectivity index (χ4n) is 1.51. The van der Waals surface area contributed by atoms with Crippen LogP contribution in [0.5, 0.6) is 0 Å². The van der Waals surface area contributed by atoms with Crippen LogP contribution in [0.3, 0.4) is 0 Å². The van der Waals surface area contributed by atoms with E-state index in [4.69, 9.17) is 5.11 Å². The van der Waals surface area contributed by atoms with Crippen molar-refractivity contribution < 1.29 is 14.3 Å². The molecule has 70 valence electrons. The second-order valence-electron chi connectivity index (χ2n) is 3.15. The SMILES string of the molecule is O=C(O)CCN[C@@H]1CCC[C@H]1F. The Morgan fingerprint density at radius 2 is 2.33 bits per heavy atom. The quantitative estimate of drug-likeness (QED) is 0.668. The average molecular weight is 175 g/mol. The summed E-state index contributed by atoms with van der Waals surface area (Å²) in [6, 6.07) is -0.107. The van der Waals surface area contributed by atoms with Crippen LogP contribution >= 0.6 is 0 Å². The van der Waals surface area contributed by atoms with Gasteiger partial charge in [0.25, 0.3) is 0 Å². The van der Waals surface area contributed by atoms with Crippen LogP contribution in [0.25, 0.3) is 0 Å². The highest BCUT2D eigenvalue weighted by atomic mass is 19.1. The number of carbonyl (C=O) groups is 1. The van der Waals surface area contributed by atoms with Crippen LogP contribution in [-0.4, -0.2) is 29.8 Å². The monoisotopic (exact) mass is 175 g/mol.